The third-order valence-corrected chi connectivity index (χ3v) is 4.59. The second-order valence-electron chi connectivity index (χ2n) is 6.64. The summed E-state index contributed by atoms with van der Waals surface area (Å²) in [5, 5.41) is 3.28. The summed E-state index contributed by atoms with van der Waals surface area (Å²) >= 11 is 0. The molecule has 0 radical (unpaired) electrons. The summed E-state index contributed by atoms with van der Waals surface area (Å²) in [6, 6.07) is 9.24. The molecule has 1 aromatic heterocycles. The van der Waals surface area contributed by atoms with Crippen LogP contribution >= 0.6 is 0 Å². The van der Waals surface area contributed by atoms with E-state index in [4.69, 9.17) is 4.74 Å². The lowest BCUT2D eigenvalue weighted by Crippen LogP contribution is -2.48. The Morgan fingerprint density at radius 3 is 2.82 bits per heavy atom. The number of ether oxygens (including phenoxy) is 1. The predicted molar refractivity (Wildman–Crippen MR) is 101 cm³/mol. The minimum atomic E-state index is -4.37. The molecule has 0 bridgehead atoms. The highest BCUT2D eigenvalue weighted by atomic mass is 19.4. The summed E-state index contributed by atoms with van der Waals surface area (Å²) in [6.07, 6.45) is -3.01. The molecule has 1 fully saturated rings. The molecular weight excluding hydrogens is 369 g/mol. The molecule has 1 saturated heterocycles. The van der Waals surface area contributed by atoms with Gasteiger partial charge < -0.3 is 15.0 Å². The van der Waals surface area contributed by atoms with Gasteiger partial charge in [-0.2, -0.15) is 13.2 Å². The van der Waals surface area contributed by atoms with Crippen LogP contribution in [0.25, 0.3) is 0 Å². The maximum atomic E-state index is 13.0. The number of pyridine rings is 1. The molecule has 150 valence electrons. The molecule has 1 aromatic carbocycles. The van der Waals surface area contributed by atoms with Gasteiger partial charge in [0.15, 0.2) is 5.96 Å². The molecule has 1 aliphatic rings. The Hall–Kier alpha value is -2.61. The number of guanidine groups is 1. The number of nitrogens with zero attached hydrogens (tertiary/aromatic N) is 3. The van der Waals surface area contributed by atoms with Gasteiger partial charge in [-0.1, -0.05) is 18.2 Å². The van der Waals surface area contributed by atoms with Gasteiger partial charge in [0.05, 0.1) is 18.7 Å². The molecule has 1 aliphatic heterocycles. The smallest absolute Gasteiger partial charge is 0.370 e. The number of rotatable bonds is 3. The summed E-state index contributed by atoms with van der Waals surface area (Å²) < 4.78 is 44.7. The average molecular weight is 392 g/mol. The molecule has 2 aromatic rings. The largest absolute Gasteiger partial charge is 0.416 e. The predicted octanol–water partition coefficient (Wildman–Crippen LogP) is 3.56. The van der Waals surface area contributed by atoms with Crippen LogP contribution in [0.2, 0.25) is 0 Å². The lowest BCUT2D eigenvalue weighted by molar-refractivity contribution is -0.137. The number of morpholine rings is 1. The number of aryl methyl sites for hydroxylation is 1. The fourth-order valence-electron chi connectivity index (χ4n) is 3.07. The maximum Gasteiger partial charge on any atom is 0.416 e. The van der Waals surface area contributed by atoms with E-state index in [9.17, 15) is 13.2 Å². The van der Waals surface area contributed by atoms with Crippen molar-refractivity contribution in [3.05, 3.63) is 65.0 Å². The number of benzene rings is 1. The lowest BCUT2D eigenvalue weighted by atomic mass is 10.0. The maximum absolute atomic E-state index is 13.0. The molecule has 0 aliphatic carbocycles. The number of aromatic nitrogens is 1. The van der Waals surface area contributed by atoms with E-state index in [-0.39, 0.29) is 0 Å². The second kappa shape index (κ2) is 8.60. The van der Waals surface area contributed by atoms with Crippen LogP contribution in [0.15, 0.2) is 47.6 Å². The molecule has 0 spiro atoms. The van der Waals surface area contributed by atoms with Crippen molar-refractivity contribution in [1.29, 1.82) is 0 Å². The first-order valence-electron chi connectivity index (χ1n) is 9.02. The van der Waals surface area contributed by atoms with Crippen molar-refractivity contribution < 1.29 is 17.9 Å². The van der Waals surface area contributed by atoms with E-state index in [0.717, 1.165) is 23.4 Å². The van der Waals surface area contributed by atoms with Gasteiger partial charge in [-0.15, -0.1) is 0 Å². The highest BCUT2D eigenvalue weighted by Crippen LogP contribution is 2.32. The molecule has 1 N–H and O–H groups in total. The fourth-order valence-corrected chi connectivity index (χ4v) is 3.07. The molecule has 28 heavy (non-hydrogen) atoms. The van der Waals surface area contributed by atoms with Gasteiger partial charge in [0.2, 0.25) is 0 Å². The van der Waals surface area contributed by atoms with Crippen molar-refractivity contribution in [2.75, 3.05) is 26.7 Å². The summed E-state index contributed by atoms with van der Waals surface area (Å²) in [4.78, 5) is 10.6. The quantitative estimate of drug-likeness (QED) is 0.641. The van der Waals surface area contributed by atoms with Gasteiger partial charge in [0.1, 0.15) is 6.10 Å². The zero-order valence-electron chi connectivity index (χ0n) is 15.8. The molecule has 1 atom stereocenters. The van der Waals surface area contributed by atoms with Gasteiger partial charge in [-0.25, -0.2) is 0 Å². The molecule has 8 heteroatoms. The molecule has 3 rings (SSSR count). The first-order chi connectivity index (χ1) is 13.4. The van der Waals surface area contributed by atoms with Crippen molar-refractivity contribution in [3.63, 3.8) is 0 Å². The monoisotopic (exact) mass is 392 g/mol. The zero-order chi connectivity index (χ0) is 20.1. The van der Waals surface area contributed by atoms with E-state index in [0.29, 0.717) is 37.8 Å². The first kappa shape index (κ1) is 20.1. The van der Waals surface area contributed by atoms with Crippen LogP contribution in [-0.2, 0) is 17.5 Å². The topological polar surface area (TPSA) is 49.8 Å². The second-order valence-corrected chi connectivity index (χ2v) is 6.64. The van der Waals surface area contributed by atoms with Crippen molar-refractivity contribution in [1.82, 2.24) is 15.2 Å². The summed E-state index contributed by atoms with van der Waals surface area (Å²) in [5.41, 5.74) is 1.82. The van der Waals surface area contributed by atoms with Crippen molar-refractivity contribution >= 4 is 5.96 Å². The van der Waals surface area contributed by atoms with Gasteiger partial charge in [0.25, 0.3) is 0 Å². The number of hydrogen-bond donors (Lipinski definition) is 1. The number of hydrogen-bond acceptors (Lipinski definition) is 3. The van der Waals surface area contributed by atoms with Crippen LogP contribution in [0.4, 0.5) is 13.2 Å². The van der Waals surface area contributed by atoms with Crippen LogP contribution in [0, 0.1) is 6.92 Å². The SMILES string of the molecule is CN=C(NCc1ccc(C)nc1)N1CCOC(c2cccc(C(F)(F)F)c2)C1. The molecule has 0 amide bonds. The Morgan fingerprint density at radius 2 is 2.14 bits per heavy atom. The van der Waals surface area contributed by atoms with E-state index < -0.39 is 17.8 Å². The van der Waals surface area contributed by atoms with E-state index in [1.807, 2.05) is 24.0 Å². The lowest BCUT2D eigenvalue weighted by Gasteiger charge is -2.35. The molecular formula is C20H23F3N4O. The fraction of sp³-hybridized carbons (Fsp3) is 0.400. The van der Waals surface area contributed by atoms with Gasteiger partial charge >= 0.3 is 6.18 Å². The Labute approximate surface area is 162 Å². The summed E-state index contributed by atoms with van der Waals surface area (Å²) in [7, 11) is 1.68. The molecule has 2 heterocycles. The minimum Gasteiger partial charge on any atom is -0.370 e. The van der Waals surface area contributed by atoms with Crippen molar-refractivity contribution in [3.8, 4) is 0 Å². The summed E-state index contributed by atoms with van der Waals surface area (Å²) in [5.74, 6) is 0.681. The van der Waals surface area contributed by atoms with Crippen molar-refractivity contribution in [2.45, 2.75) is 25.7 Å². The van der Waals surface area contributed by atoms with Gasteiger partial charge in [-0.3, -0.25) is 9.98 Å². The highest BCUT2D eigenvalue weighted by molar-refractivity contribution is 5.80. The van der Waals surface area contributed by atoms with Crippen molar-refractivity contribution in [2.24, 2.45) is 4.99 Å². The Morgan fingerprint density at radius 1 is 1.32 bits per heavy atom. The van der Waals surface area contributed by atoms with Gasteiger partial charge in [-0.05, 0) is 36.2 Å². The average Bonchev–Trinajstić information content (AvgIpc) is 2.69. The zero-order valence-corrected chi connectivity index (χ0v) is 15.8. The Kier molecular flexibility index (Phi) is 6.18. The van der Waals surface area contributed by atoms with Crippen LogP contribution in [0.3, 0.4) is 0 Å². The molecule has 5 nitrogen and oxygen atoms in total. The Bertz CT molecular complexity index is 821. The van der Waals surface area contributed by atoms with Crippen LogP contribution in [0.1, 0.15) is 28.5 Å². The Balaban J connectivity index is 1.67. The van der Waals surface area contributed by atoms with Crippen LogP contribution in [-0.4, -0.2) is 42.6 Å². The number of nitrogens with one attached hydrogen (secondary N) is 1. The van der Waals surface area contributed by atoms with Gasteiger partial charge in [0, 0.05) is 32.0 Å². The number of alkyl halides is 3. The summed E-state index contributed by atoms with van der Waals surface area (Å²) in [6.45, 7) is 3.94. The number of aliphatic imine (C=N–C) groups is 1. The normalized spacial score (nSPS) is 18.2. The van der Waals surface area contributed by atoms with Crippen LogP contribution in [0.5, 0.6) is 0 Å². The van der Waals surface area contributed by atoms with E-state index >= 15 is 0 Å². The van der Waals surface area contributed by atoms with E-state index in [1.165, 1.54) is 6.07 Å². The third-order valence-electron chi connectivity index (χ3n) is 4.59. The minimum absolute atomic E-state index is 0.410. The molecule has 1 unspecified atom stereocenters. The van der Waals surface area contributed by atoms with E-state index in [1.54, 1.807) is 19.3 Å². The number of halogens is 3. The highest BCUT2D eigenvalue weighted by Gasteiger charge is 2.32. The first-order valence-corrected chi connectivity index (χ1v) is 9.02. The third kappa shape index (κ3) is 5.01. The molecule has 0 saturated carbocycles. The van der Waals surface area contributed by atoms with Crippen LogP contribution < -0.4 is 5.32 Å². The standard InChI is InChI=1S/C20H23F3N4O/c1-14-6-7-15(11-25-14)12-26-19(24-2)27-8-9-28-18(13-27)16-4-3-5-17(10-16)20(21,22)23/h3-7,10-11,18H,8-9,12-13H2,1-2H3,(H,24,26). The van der Waals surface area contributed by atoms with E-state index in [2.05, 4.69) is 15.3 Å².